The van der Waals surface area contributed by atoms with Crippen LogP contribution < -0.4 is 31.2 Å². The number of benzene rings is 3. The van der Waals surface area contributed by atoms with Crippen molar-refractivity contribution >= 4 is 71.8 Å². The molecule has 0 unspecified atom stereocenters. The maximum Gasteiger partial charge on any atom is 3.00 e. The molecule has 0 fully saturated rings. The van der Waals surface area contributed by atoms with Crippen LogP contribution in [0.3, 0.4) is 0 Å². The van der Waals surface area contributed by atoms with Gasteiger partial charge in [-0.15, -0.1) is 15.3 Å². The van der Waals surface area contributed by atoms with E-state index in [1.807, 2.05) is 0 Å². The first-order chi connectivity index (χ1) is 50.9. The van der Waals surface area contributed by atoms with Crippen LogP contribution >= 0.6 is 0 Å². The molecule has 6 rings (SSSR count). The molecule has 597 valence electrons. The van der Waals surface area contributed by atoms with Crippen LogP contribution in [-0.4, -0.2) is 149 Å². The van der Waals surface area contributed by atoms with Gasteiger partial charge >= 0.3 is 27.5 Å². The molecule has 1 aliphatic carbocycles. The molecular formula is C74H116CrN13O17S2. The first-order valence-corrected chi connectivity index (χ1v) is 40.1. The summed E-state index contributed by atoms with van der Waals surface area (Å²) in [5, 5.41) is 115. The summed E-state index contributed by atoms with van der Waals surface area (Å²) in [5.74, 6) is -2.68. The van der Waals surface area contributed by atoms with E-state index in [1.165, 1.54) is 231 Å². The summed E-state index contributed by atoms with van der Waals surface area (Å²) < 4.78 is 66.8. The van der Waals surface area contributed by atoms with Gasteiger partial charge in [0.1, 0.15) is 31.6 Å². The number of nitro groups is 1. The summed E-state index contributed by atoms with van der Waals surface area (Å²) in [4.78, 5) is 33.5. The molecule has 33 heteroatoms. The molecule has 6 N–H and O–H groups in total. The molecule has 3 aromatic carbocycles. The normalized spacial score (nSPS) is 13.4. The number of ketones is 1. The summed E-state index contributed by atoms with van der Waals surface area (Å²) in [5.41, 5.74) is -1.14. The number of hydroxylamine groups is 2. The maximum absolute atomic E-state index is 12.5. The molecule has 2 aliphatic rings. The number of carbonyl (C=O) groups is 2. The third-order valence-electron chi connectivity index (χ3n) is 16.5. The molecule has 0 spiro atoms. The number of nitrogens with one attached hydrogen (secondary N) is 3. The summed E-state index contributed by atoms with van der Waals surface area (Å²) >= 11 is 0. The second-order valence-corrected chi connectivity index (χ2v) is 28.1. The molecule has 1 aliphatic heterocycles. The Morgan fingerprint density at radius 3 is 1.31 bits per heavy atom. The molecule has 0 saturated heterocycles. The number of aliphatic hydroxyl groups is 3. The predicted molar refractivity (Wildman–Crippen MR) is 412 cm³/mol. The fourth-order valence-electron chi connectivity index (χ4n) is 10.5. The van der Waals surface area contributed by atoms with Gasteiger partial charge in [0.15, 0.2) is 5.71 Å². The zero-order chi connectivity index (χ0) is 78.4. The number of non-ortho nitro benzene ring substituents is 1. The summed E-state index contributed by atoms with van der Waals surface area (Å²) in [7, 11) is -9.27. The number of rotatable bonds is 48. The van der Waals surface area contributed by atoms with Crippen LogP contribution in [0.4, 0.5) is 22.7 Å². The Kier molecular flexibility index (Phi) is 53.9. The summed E-state index contributed by atoms with van der Waals surface area (Å²) in [6.07, 6.45) is 44.6. The van der Waals surface area contributed by atoms with Gasteiger partial charge in [-0.2, -0.15) is 20.3 Å². The Hall–Kier alpha value is -7.07. The topological polar surface area (TPSA) is 467 Å². The number of amides is 1. The van der Waals surface area contributed by atoms with Gasteiger partial charge in [0.25, 0.3) is 5.69 Å². The molecule has 0 saturated carbocycles. The number of hydrazone groups is 1. The van der Waals surface area contributed by atoms with Gasteiger partial charge in [-0.25, -0.2) is 21.5 Å². The van der Waals surface area contributed by atoms with Crippen molar-refractivity contribution in [3.05, 3.63) is 117 Å². The van der Waals surface area contributed by atoms with Crippen LogP contribution in [0, 0.1) is 27.5 Å². The maximum atomic E-state index is 12.5. The number of hydrogen-bond donors (Lipinski definition) is 6. The van der Waals surface area contributed by atoms with E-state index in [1.54, 1.807) is 0 Å². The van der Waals surface area contributed by atoms with E-state index in [0.29, 0.717) is 0 Å². The standard InChI is InChI=1S/C16H13N5O7S.C16H11N5O7S.3C14H31NO.Cr/c2*1-9-15(18-17-13-8-11(21(24)25)4-7-14(13)22)16(23)20(19-9)10-2-5-12(6-3-10)29(26,27)28;3*1-2-3-4-5-6-7-8-9-10-11-12-15-13-14-16;/h2-8,22-23H,1H3,(H,26,27,28);2-8H,1H3,(H,26,27,28);3*15-16H,2-14H2,1H3;/q;-2;;;;+3/p-1. The average Bonchev–Trinajstić information content (AvgIpc) is 1.65. The Morgan fingerprint density at radius 2 is 0.935 bits per heavy atom. The third kappa shape index (κ3) is 42.5. The van der Waals surface area contributed by atoms with Gasteiger partial charge in [0.05, 0.1) is 63.0 Å². The minimum atomic E-state index is -4.64. The number of aryl methyl sites for hydroxylation is 1. The summed E-state index contributed by atoms with van der Waals surface area (Å²) in [6.45, 7) is 15.9. The number of anilines is 1. The Bertz CT molecular complexity index is 3490. The Balaban J connectivity index is -0.00000133. The van der Waals surface area contributed by atoms with E-state index in [9.17, 15) is 66.3 Å². The quantitative estimate of drug-likeness (QED) is 0.00597. The van der Waals surface area contributed by atoms with Crippen molar-refractivity contribution in [2.24, 2.45) is 25.5 Å². The monoisotopic (exact) mass is 1570 g/mol. The van der Waals surface area contributed by atoms with Crippen LogP contribution in [0.15, 0.2) is 126 Å². The number of unbranched alkanes of at least 4 members (excludes halogenated alkanes) is 27. The van der Waals surface area contributed by atoms with Crippen molar-refractivity contribution in [1.82, 2.24) is 31.0 Å². The molecule has 2 heterocycles. The zero-order valence-corrected chi connectivity index (χ0v) is 65.8. The van der Waals surface area contributed by atoms with Gasteiger partial charge in [0.2, 0.25) is 5.78 Å². The smallest absolute Gasteiger partial charge is 0.871 e. The SMILES string of the molecule is CC1=NN(c2ccc(S(=O)(=O)[O-])cc2)C(=O)C1=NN=C1C=C(N([O-])[O-])C=CC1=O.CCCCCCCCCCCCNCCO.CCCCCCCCCCCCNCCO.CCCCCCCCCCCCNCCO.Cc1nn(-c2ccc(S(=O)(=O)[O-])cc2)c([O-])c1N=Nc1cc([N+](=O)[O-])ccc1[O-].[Cr+3].[H+].[H+].[H+]. The largest absolute Gasteiger partial charge is 3.00 e. The van der Waals surface area contributed by atoms with Crippen molar-refractivity contribution in [3.8, 4) is 17.3 Å². The van der Waals surface area contributed by atoms with E-state index in [4.69, 9.17) is 15.3 Å². The minimum Gasteiger partial charge on any atom is -0.871 e. The predicted octanol–water partition coefficient (Wildman–Crippen LogP) is 12.8. The molecule has 1 radical (unpaired) electrons. The second kappa shape index (κ2) is 58.9. The van der Waals surface area contributed by atoms with Crippen LogP contribution in [0.2, 0.25) is 0 Å². The van der Waals surface area contributed by atoms with Gasteiger partial charge < -0.3 is 66.2 Å². The molecule has 107 heavy (non-hydrogen) atoms. The van der Waals surface area contributed by atoms with E-state index in [0.717, 1.165) is 110 Å². The molecular weight excluding hydrogens is 1460 g/mol. The van der Waals surface area contributed by atoms with Gasteiger partial charge in [-0.3, -0.25) is 19.7 Å². The van der Waals surface area contributed by atoms with Crippen molar-refractivity contribution in [2.45, 2.75) is 237 Å². The number of hydrogen-bond acceptors (Lipinski definition) is 27. The number of aromatic nitrogens is 2. The van der Waals surface area contributed by atoms with Crippen molar-refractivity contribution in [2.75, 3.05) is 64.1 Å². The number of carbonyl (C=O) groups excluding carboxylic acids is 2. The molecule has 1 aromatic heterocycles. The first-order valence-electron chi connectivity index (χ1n) is 37.2. The fourth-order valence-corrected chi connectivity index (χ4v) is 11.4. The fraction of sp³-hybridized carbons (Fsp3) is 0.595. The van der Waals surface area contributed by atoms with Crippen molar-refractivity contribution in [3.63, 3.8) is 0 Å². The number of nitro benzene ring substituents is 1. The number of nitrogens with zero attached hydrogens (tertiary/aromatic N) is 10. The molecule has 0 atom stereocenters. The third-order valence-corrected chi connectivity index (χ3v) is 18.2. The molecule has 30 nitrogen and oxygen atoms in total. The minimum absolute atomic E-state index is 0. The van der Waals surface area contributed by atoms with Crippen LogP contribution in [0.1, 0.15) is 230 Å². The Morgan fingerprint density at radius 1 is 0.542 bits per heavy atom. The number of aliphatic hydroxyl groups excluding tert-OH is 3. The summed E-state index contributed by atoms with van der Waals surface area (Å²) in [6, 6.07) is 11.9. The van der Waals surface area contributed by atoms with Gasteiger partial charge in [-0.05, 0) is 120 Å². The van der Waals surface area contributed by atoms with Gasteiger partial charge in [-0.1, -0.05) is 206 Å². The first kappa shape index (κ1) is 97.9. The molecule has 1 amide bonds. The van der Waals surface area contributed by atoms with Crippen molar-refractivity contribution in [1.29, 1.82) is 0 Å². The molecule has 4 aromatic rings. The van der Waals surface area contributed by atoms with Crippen molar-refractivity contribution < 1.29 is 87.6 Å². The zero-order valence-electron chi connectivity index (χ0n) is 65.9. The average molecular weight is 1580 g/mol. The van der Waals surface area contributed by atoms with Gasteiger partial charge in [0, 0.05) is 43.3 Å². The van der Waals surface area contributed by atoms with E-state index >= 15 is 0 Å². The van der Waals surface area contributed by atoms with E-state index < -0.39 is 63.5 Å². The van der Waals surface area contributed by atoms with E-state index in [-0.39, 0.29) is 98.4 Å². The van der Waals surface area contributed by atoms with Crippen LogP contribution in [0.25, 0.3) is 5.69 Å². The second-order valence-electron chi connectivity index (χ2n) is 25.4. The Labute approximate surface area is 647 Å². The van der Waals surface area contributed by atoms with Crippen LogP contribution in [-0.2, 0) is 47.2 Å². The molecule has 0 bridgehead atoms. The van der Waals surface area contributed by atoms with E-state index in [2.05, 4.69) is 67.4 Å². The number of allylic oxidation sites excluding steroid dienone is 3. The van der Waals surface area contributed by atoms with Crippen LogP contribution in [0.5, 0.6) is 11.6 Å². The number of azo groups is 1.